The van der Waals surface area contributed by atoms with Gasteiger partial charge in [0.15, 0.2) is 0 Å². The fraction of sp³-hybridized carbons (Fsp3) is 0.556. The van der Waals surface area contributed by atoms with Crippen LogP contribution in [0.1, 0.15) is 28.3 Å². The van der Waals surface area contributed by atoms with Gasteiger partial charge in [0.25, 0.3) is 0 Å². The molecule has 8 heteroatoms. The Bertz CT molecular complexity index is 378. The number of halogens is 3. The number of carbonyl (C=O) groups is 1. The topological polar surface area (TPSA) is 59.4 Å². The molecule has 0 spiro atoms. The van der Waals surface area contributed by atoms with Crippen molar-refractivity contribution in [2.45, 2.75) is 25.6 Å². The van der Waals surface area contributed by atoms with Gasteiger partial charge in [-0.3, -0.25) is 0 Å². The van der Waals surface area contributed by atoms with Crippen molar-refractivity contribution in [3.63, 3.8) is 0 Å². The molecule has 0 fully saturated rings. The Balaban J connectivity index is 2.20. The molecule has 1 N–H and O–H groups in total. The molecule has 0 saturated carbocycles. The number of rotatable bonds is 6. The Hall–Kier alpha value is -1.15. The number of alkyl halides is 3. The van der Waals surface area contributed by atoms with Crippen LogP contribution in [0.5, 0.6) is 0 Å². The molecule has 0 unspecified atom stereocenters. The average Bonchev–Trinajstić information content (AvgIpc) is 2.64. The lowest BCUT2D eigenvalue weighted by molar-refractivity contribution is -0.138. The molecule has 96 valence electrons. The van der Waals surface area contributed by atoms with Crippen LogP contribution in [-0.2, 0) is 11.3 Å². The van der Waals surface area contributed by atoms with Crippen LogP contribution in [0.2, 0.25) is 0 Å². The third-order valence-electron chi connectivity index (χ3n) is 1.73. The largest absolute Gasteiger partial charge is 0.476 e. The zero-order valence-corrected chi connectivity index (χ0v) is 9.48. The van der Waals surface area contributed by atoms with E-state index in [4.69, 9.17) is 9.84 Å². The number of hydrogen-bond acceptors (Lipinski definition) is 4. The molecule has 4 nitrogen and oxygen atoms in total. The van der Waals surface area contributed by atoms with Crippen LogP contribution in [0, 0.1) is 0 Å². The molecule has 1 rings (SSSR count). The van der Waals surface area contributed by atoms with Gasteiger partial charge in [0.1, 0.15) is 0 Å². The van der Waals surface area contributed by atoms with Crippen molar-refractivity contribution in [1.29, 1.82) is 0 Å². The molecule has 1 heterocycles. The lowest BCUT2D eigenvalue weighted by Crippen LogP contribution is -2.08. The summed E-state index contributed by atoms with van der Waals surface area (Å²) in [5, 5.41) is 10.0. The van der Waals surface area contributed by atoms with Crippen molar-refractivity contribution in [1.82, 2.24) is 4.98 Å². The van der Waals surface area contributed by atoms with Gasteiger partial charge in [0, 0.05) is 18.4 Å². The van der Waals surface area contributed by atoms with E-state index in [-0.39, 0.29) is 24.6 Å². The lowest BCUT2D eigenvalue weighted by atomic mass is 10.3. The smallest absolute Gasteiger partial charge is 0.389 e. The van der Waals surface area contributed by atoms with Gasteiger partial charge < -0.3 is 9.84 Å². The van der Waals surface area contributed by atoms with E-state index in [0.717, 1.165) is 11.3 Å². The molecule has 1 aromatic rings. The molecular weight excluding hydrogens is 259 g/mol. The van der Waals surface area contributed by atoms with Gasteiger partial charge in [0.2, 0.25) is 5.01 Å². The number of aromatic nitrogens is 1. The second-order valence-electron chi connectivity index (χ2n) is 3.22. The van der Waals surface area contributed by atoms with Gasteiger partial charge in [-0.2, -0.15) is 13.2 Å². The second kappa shape index (κ2) is 5.97. The zero-order valence-electron chi connectivity index (χ0n) is 8.66. The SMILES string of the molecule is O=C(O)c1nc(COCCCC(F)(F)F)cs1. The van der Waals surface area contributed by atoms with Gasteiger partial charge in [-0.1, -0.05) is 0 Å². The minimum absolute atomic E-state index is 0.0283. The predicted octanol–water partition coefficient (Wildman–Crippen LogP) is 2.70. The second-order valence-corrected chi connectivity index (χ2v) is 4.08. The van der Waals surface area contributed by atoms with Crippen molar-refractivity contribution in [3.05, 3.63) is 16.1 Å². The van der Waals surface area contributed by atoms with Crippen LogP contribution in [0.4, 0.5) is 13.2 Å². The fourth-order valence-electron chi connectivity index (χ4n) is 1.02. The van der Waals surface area contributed by atoms with E-state index in [9.17, 15) is 18.0 Å². The first kappa shape index (κ1) is 13.9. The highest BCUT2D eigenvalue weighted by atomic mass is 32.1. The summed E-state index contributed by atoms with van der Waals surface area (Å²) in [5.74, 6) is -1.13. The first-order valence-corrected chi connectivity index (χ1v) is 5.58. The Morgan fingerprint density at radius 1 is 1.53 bits per heavy atom. The standard InChI is InChI=1S/C9H10F3NO3S/c10-9(11,12)2-1-3-16-4-6-5-17-7(13-6)8(14)15/h5H,1-4H2,(H,14,15). The molecule has 0 atom stereocenters. The predicted molar refractivity (Wildman–Crippen MR) is 54.0 cm³/mol. The summed E-state index contributed by atoms with van der Waals surface area (Å²) in [5.41, 5.74) is 0.416. The zero-order chi connectivity index (χ0) is 12.9. The Morgan fingerprint density at radius 3 is 2.76 bits per heavy atom. The minimum atomic E-state index is -4.17. The maximum absolute atomic E-state index is 11.8. The number of carboxylic acids is 1. The van der Waals surface area contributed by atoms with Crippen LogP contribution in [-0.4, -0.2) is 28.8 Å². The van der Waals surface area contributed by atoms with E-state index in [0.29, 0.717) is 5.69 Å². The number of hydrogen-bond donors (Lipinski definition) is 1. The van der Waals surface area contributed by atoms with E-state index in [1.54, 1.807) is 0 Å². The fourth-order valence-corrected chi connectivity index (χ4v) is 1.66. The summed E-state index contributed by atoms with van der Waals surface area (Å²) in [4.78, 5) is 14.2. The van der Waals surface area contributed by atoms with Crippen molar-refractivity contribution < 1.29 is 27.8 Å². The van der Waals surface area contributed by atoms with Gasteiger partial charge in [-0.25, -0.2) is 9.78 Å². The Kier molecular flexibility index (Phi) is 4.88. The first-order valence-electron chi connectivity index (χ1n) is 4.70. The molecule has 0 aliphatic rings. The summed E-state index contributed by atoms with van der Waals surface area (Å²) in [6.45, 7) is 0.00107. The van der Waals surface area contributed by atoms with E-state index < -0.39 is 18.6 Å². The van der Waals surface area contributed by atoms with Gasteiger partial charge in [0.05, 0.1) is 12.3 Å². The molecule has 0 aliphatic heterocycles. The number of ether oxygens (including phenoxy) is 1. The molecule has 0 amide bonds. The average molecular weight is 269 g/mol. The van der Waals surface area contributed by atoms with Crippen molar-refractivity contribution >= 4 is 17.3 Å². The summed E-state index contributed by atoms with van der Waals surface area (Å²) >= 11 is 0.955. The summed E-state index contributed by atoms with van der Waals surface area (Å²) < 4.78 is 40.3. The van der Waals surface area contributed by atoms with E-state index >= 15 is 0 Å². The van der Waals surface area contributed by atoms with Crippen molar-refractivity contribution in [2.75, 3.05) is 6.61 Å². The van der Waals surface area contributed by atoms with Crippen LogP contribution in [0.3, 0.4) is 0 Å². The molecule has 0 saturated heterocycles. The molecule has 17 heavy (non-hydrogen) atoms. The quantitative estimate of drug-likeness (QED) is 0.807. The highest BCUT2D eigenvalue weighted by Crippen LogP contribution is 2.21. The Labute approximate surface area is 99.0 Å². The van der Waals surface area contributed by atoms with Crippen LogP contribution >= 0.6 is 11.3 Å². The maximum atomic E-state index is 11.8. The first-order chi connectivity index (χ1) is 7.88. The third kappa shape index (κ3) is 5.64. The van der Waals surface area contributed by atoms with Crippen LogP contribution in [0.25, 0.3) is 0 Å². The molecule has 0 aromatic carbocycles. The van der Waals surface area contributed by atoms with Crippen LogP contribution < -0.4 is 0 Å². The summed E-state index contributed by atoms with van der Waals surface area (Å²) in [6.07, 6.45) is -5.16. The number of aromatic carboxylic acids is 1. The maximum Gasteiger partial charge on any atom is 0.389 e. The normalized spacial score (nSPS) is 11.7. The lowest BCUT2D eigenvalue weighted by Gasteiger charge is -2.05. The molecule has 0 aliphatic carbocycles. The van der Waals surface area contributed by atoms with E-state index in [2.05, 4.69) is 4.98 Å². The summed E-state index contributed by atoms with van der Waals surface area (Å²) in [7, 11) is 0. The number of carboxylic acid groups (broad SMARTS) is 1. The third-order valence-corrected chi connectivity index (χ3v) is 2.61. The summed E-state index contributed by atoms with van der Waals surface area (Å²) in [6, 6.07) is 0. The van der Waals surface area contributed by atoms with Gasteiger partial charge in [-0.05, 0) is 6.42 Å². The molecule has 1 aromatic heterocycles. The molecule has 0 bridgehead atoms. The van der Waals surface area contributed by atoms with Crippen molar-refractivity contribution in [2.24, 2.45) is 0 Å². The monoisotopic (exact) mass is 269 g/mol. The van der Waals surface area contributed by atoms with Crippen molar-refractivity contribution in [3.8, 4) is 0 Å². The number of thiazole rings is 1. The van der Waals surface area contributed by atoms with E-state index in [1.807, 2.05) is 0 Å². The Morgan fingerprint density at radius 2 is 2.24 bits per heavy atom. The van der Waals surface area contributed by atoms with Crippen LogP contribution in [0.15, 0.2) is 5.38 Å². The van der Waals surface area contributed by atoms with E-state index in [1.165, 1.54) is 5.38 Å². The minimum Gasteiger partial charge on any atom is -0.476 e. The van der Waals surface area contributed by atoms with Gasteiger partial charge in [-0.15, -0.1) is 11.3 Å². The molecule has 0 radical (unpaired) electrons. The van der Waals surface area contributed by atoms with Gasteiger partial charge >= 0.3 is 12.1 Å². The number of nitrogens with zero attached hydrogens (tertiary/aromatic N) is 1. The highest BCUT2D eigenvalue weighted by molar-refractivity contribution is 7.11. The highest BCUT2D eigenvalue weighted by Gasteiger charge is 2.25. The molecular formula is C9H10F3NO3S.